The van der Waals surface area contributed by atoms with Crippen LogP contribution in [-0.4, -0.2) is 32.1 Å². The molecule has 0 saturated carbocycles. The largest absolute Gasteiger partial charge is 0.377 e. The number of sulfone groups is 1. The molecule has 3 atom stereocenters. The van der Waals surface area contributed by atoms with Gasteiger partial charge in [-0.1, -0.05) is 24.3 Å². The first-order chi connectivity index (χ1) is 9.08. The summed E-state index contributed by atoms with van der Waals surface area (Å²) in [5, 5.41) is -0.492. The fraction of sp³-hybridized carbons (Fsp3) is 0.571. The maximum Gasteiger partial charge on any atom is 0.157 e. The Bertz CT molecular complexity index is 564. The van der Waals surface area contributed by atoms with Crippen LogP contribution in [0.2, 0.25) is 0 Å². The number of ether oxygens (including phenoxy) is 1. The predicted octanol–water partition coefficient (Wildman–Crippen LogP) is 1.20. The number of hydrogen-bond acceptors (Lipinski definition) is 4. The van der Waals surface area contributed by atoms with Gasteiger partial charge in [0.2, 0.25) is 0 Å². The van der Waals surface area contributed by atoms with Crippen LogP contribution in [0.1, 0.15) is 30.0 Å². The molecule has 2 aliphatic rings. The minimum absolute atomic E-state index is 0.110. The second-order valence-electron chi connectivity index (χ2n) is 5.43. The zero-order valence-corrected chi connectivity index (χ0v) is 11.6. The van der Waals surface area contributed by atoms with Gasteiger partial charge in [0.05, 0.1) is 17.1 Å². The predicted molar refractivity (Wildman–Crippen MR) is 73.6 cm³/mol. The van der Waals surface area contributed by atoms with Gasteiger partial charge in [-0.25, -0.2) is 8.42 Å². The van der Waals surface area contributed by atoms with E-state index in [1.54, 1.807) is 0 Å². The summed E-state index contributed by atoms with van der Waals surface area (Å²) in [6, 6.07) is 7.34. The van der Waals surface area contributed by atoms with Crippen molar-refractivity contribution in [3.8, 4) is 0 Å². The first-order valence-corrected chi connectivity index (χ1v) is 8.46. The van der Waals surface area contributed by atoms with Crippen LogP contribution < -0.4 is 5.73 Å². The first kappa shape index (κ1) is 13.1. The topological polar surface area (TPSA) is 69.4 Å². The molecule has 1 fully saturated rings. The van der Waals surface area contributed by atoms with Crippen molar-refractivity contribution in [1.29, 1.82) is 0 Å². The van der Waals surface area contributed by atoms with E-state index in [4.69, 9.17) is 10.5 Å². The summed E-state index contributed by atoms with van der Waals surface area (Å²) in [6.07, 6.45) is 2.19. The lowest BCUT2D eigenvalue weighted by Crippen LogP contribution is -2.35. The number of fused-ring (bicyclic) bond motifs is 1. The van der Waals surface area contributed by atoms with Gasteiger partial charge in [0.25, 0.3) is 0 Å². The highest BCUT2D eigenvalue weighted by Crippen LogP contribution is 2.34. The van der Waals surface area contributed by atoms with Crippen molar-refractivity contribution in [3.63, 3.8) is 0 Å². The van der Waals surface area contributed by atoms with Gasteiger partial charge in [0.15, 0.2) is 9.84 Å². The van der Waals surface area contributed by atoms with Gasteiger partial charge in [-0.3, -0.25) is 0 Å². The molecule has 0 aromatic heterocycles. The van der Waals surface area contributed by atoms with Gasteiger partial charge in [-0.2, -0.15) is 0 Å². The van der Waals surface area contributed by atoms with E-state index in [9.17, 15) is 8.42 Å². The summed E-state index contributed by atoms with van der Waals surface area (Å²) in [5.41, 5.74) is 8.17. The summed E-state index contributed by atoms with van der Waals surface area (Å²) in [6.45, 7) is 0.678. The molecule has 19 heavy (non-hydrogen) atoms. The smallest absolute Gasteiger partial charge is 0.157 e. The lowest BCUT2D eigenvalue weighted by Gasteiger charge is -2.19. The molecule has 1 aliphatic carbocycles. The first-order valence-electron chi connectivity index (χ1n) is 6.74. The third-order valence-electron chi connectivity index (χ3n) is 4.14. The van der Waals surface area contributed by atoms with E-state index >= 15 is 0 Å². The highest BCUT2D eigenvalue weighted by Gasteiger charge is 2.40. The molecule has 0 bridgehead atoms. The molecule has 1 aliphatic heterocycles. The zero-order valence-electron chi connectivity index (χ0n) is 10.8. The Hall–Kier alpha value is -0.910. The van der Waals surface area contributed by atoms with Gasteiger partial charge >= 0.3 is 0 Å². The highest BCUT2D eigenvalue weighted by molar-refractivity contribution is 7.92. The molecule has 0 spiro atoms. The van der Waals surface area contributed by atoms with Gasteiger partial charge in [-0.05, 0) is 30.4 Å². The maximum absolute atomic E-state index is 12.5. The van der Waals surface area contributed by atoms with E-state index in [1.807, 2.05) is 24.3 Å². The Morgan fingerprint density at radius 3 is 2.79 bits per heavy atom. The van der Waals surface area contributed by atoms with Crippen molar-refractivity contribution in [2.75, 3.05) is 12.4 Å². The van der Waals surface area contributed by atoms with E-state index in [-0.39, 0.29) is 11.9 Å². The van der Waals surface area contributed by atoms with Gasteiger partial charge in [0, 0.05) is 12.6 Å². The normalized spacial score (nSPS) is 30.5. The van der Waals surface area contributed by atoms with E-state index in [1.165, 1.54) is 0 Å². The van der Waals surface area contributed by atoms with E-state index < -0.39 is 21.1 Å². The molecule has 2 N–H and O–H groups in total. The molecular weight excluding hydrogens is 262 g/mol. The van der Waals surface area contributed by atoms with Gasteiger partial charge in [0.1, 0.15) is 0 Å². The highest BCUT2D eigenvalue weighted by atomic mass is 32.2. The molecule has 1 aromatic rings. The van der Waals surface area contributed by atoms with E-state index in [2.05, 4.69) is 0 Å². The summed E-state index contributed by atoms with van der Waals surface area (Å²) in [4.78, 5) is 0. The lowest BCUT2D eigenvalue weighted by molar-refractivity contribution is 0.127. The van der Waals surface area contributed by atoms with E-state index in [0.29, 0.717) is 13.0 Å². The average molecular weight is 281 g/mol. The summed E-state index contributed by atoms with van der Waals surface area (Å²) < 4.78 is 30.5. The lowest BCUT2D eigenvalue weighted by atomic mass is 10.1. The summed E-state index contributed by atoms with van der Waals surface area (Å²) in [5.74, 6) is 0.110. The van der Waals surface area contributed by atoms with Crippen molar-refractivity contribution in [2.24, 2.45) is 5.73 Å². The van der Waals surface area contributed by atoms with Crippen LogP contribution in [0.3, 0.4) is 0 Å². The van der Waals surface area contributed by atoms with Crippen LogP contribution in [0.5, 0.6) is 0 Å². The van der Waals surface area contributed by atoms with Crippen molar-refractivity contribution in [1.82, 2.24) is 0 Å². The SMILES string of the molecule is NC1c2ccccc2CC1S(=O)(=O)CC1CCCO1. The van der Waals surface area contributed by atoms with Crippen LogP contribution in [0.15, 0.2) is 24.3 Å². The molecule has 3 unspecified atom stereocenters. The molecule has 1 saturated heterocycles. The molecule has 0 amide bonds. The minimum atomic E-state index is -3.21. The average Bonchev–Trinajstić information content (AvgIpc) is 2.98. The van der Waals surface area contributed by atoms with Crippen LogP contribution in [0.4, 0.5) is 0 Å². The third kappa shape index (κ3) is 2.42. The Balaban J connectivity index is 1.80. The molecule has 0 radical (unpaired) electrons. The Morgan fingerprint density at radius 1 is 1.32 bits per heavy atom. The molecule has 1 heterocycles. The quantitative estimate of drug-likeness (QED) is 0.904. The van der Waals surface area contributed by atoms with E-state index in [0.717, 1.165) is 24.0 Å². The molecule has 4 nitrogen and oxygen atoms in total. The summed E-state index contributed by atoms with van der Waals surface area (Å²) >= 11 is 0. The van der Waals surface area contributed by atoms with Crippen LogP contribution in [0.25, 0.3) is 0 Å². The Kier molecular flexibility index (Phi) is 3.37. The standard InChI is InChI=1S/C14H19NO3S/c15-14-12-6-2-1-4-10(12)8-13(14)19(16,17)9-11-5-3-7-18-11/h1-2,4,6,11,13-14H,3,5,7-9,15H2. The molecule has 3 rings (SSSR count). The monoisotopic (exact) mass is 281 g/mol. The molecule has 1 aromatic carbocycles. The van der Waals surface area contributed by atoms with Crippen LogP contribution in [-0.2, 0) is 21.0 Å². The summed E-state index contributed by atoms with van der Waals surface area (Å²) in [7, 11) is -3.21. The number of hydrogen-bond donors (Lipinski definition) is 1. The fourth-order valence-electron chi connectivity index (χ4n) is 3.10. The molecule has 104 valence electrons. The Morgan fingerprint density at radius 2 is 2.11 bits per heavy atom. The van der Waals surface area contributed by atoms with Crippen molar-refractivity contribution in [3.05, 3.63) is 35.4 Å². The third-order valence-corrected chi connectivity index (χ3v) is 6.36. The fourth-order valence-corrected chi connectivity index (χ4v) is 5.15. The van der Waals surface area contributed by atoms with Crippen molar-refractivity contribution >= 4 is 9.84 Å². The van der Waals surface area contributed by atoms with Gasteiger partial charge in [-0.15, -0.1) is 0 Å². The second kappa shape index (κ2) is 4.89. The van der Waals surface area contributed by atoms with Crippen LogP contribution >= 0.6 is 0 Å². The second-order valence-corrected chi connectivity index (χ2v) is 7.70. The number of benzene rings is 1. The zero-order chi connectivity index (χ0) is 13.5. The number of rotatable bonds is 3. The Labute approximate surface area is 113 Å². The molecule has 5 heteroatoms. The minimum Gasteiger partial charge on any atom is -0.377 e. The van der Waals surface area contributed by atoms with Crippen molar-refractivity contribution in [2.45, 2.75) is 36.7 Å². The van der Waals surface area contributed by atoms with Gasteiger partial charge < -0.3 is 10.5 Å². The number of nitrogens with two attached hydrogens (primary N) is 1. The van der Waals surface area contributed by atoms with Crippen molar-refractivity contribution < 1.29 is 13.2 Å². The maximum atomic E-state index is 12.5. The molecular formula is C14H19NO3S. The van der Waals surface area contributed by atoms with Crippen LogP contribution in [0, 0.1) is 0 Å².